The van der Waals surface area contributed by atoms with Crippen LogP contribution in [-0.2, 0) is 9.63 Å². The fourth-order valence-corrected chi connectivity index (χ4v) is 4.75. The van der Waals surface area contributed by atoms with Gasteiger partial charge in [-0.3, -0.25) is 4.79 Å². The molecule has 1 spiro atoms. The molecular formula is C20H26FN5O2. The largest absolute Gasteiger partial charge is 0.386 e. The lowest BCUT2D eigenvalue weighted by atomic mass is 9.86. The van der Waals surface area contributed by atoms with E-state index in [1.165, 1.54) is 0 Å². The van der Waals surface area contributed by atoms with Gasteiger partial charge in [-0.15, -0.1) is 0 Å². The van der Waals surface area contributed by atoms with Crippen molar-refractivity contribution < 1.29 is 14.0 Å². The Balaban J connectivity index is 1.24. The van der Waals surface area contributed by atoms with E-state index in [4.69, 9.17) is 4.84 Å². The number of carbonyl (C=O) groups is 1. The minimum atomic E-state index is -1.17. The summed E-state index contributed by atoms with van der Waals surface area (Å²) in [6, 6.07) is 1.95. The summed E-state index contributed by atoms with van der Waals surface area (Å²) in [4.78, 5) is 31.4. The van der Waals surface area contributed by atoms with E-state index >= 15 is 0 Å². The Morgan fingerprint density at radius 2 is 1.93 bits per heavy atom. The third kappa shape index (κ3) is 3.02. The number of anilines is 1. The quantitative estimate of drug-likeness (QED) is 0.795. The minimum Gasteiger partial charge on any atom is -0.386 e. The number of aryl methyl sites for hydroxylation is 2. The van der Waals surface area contributed by atoms with Gasteiger partial charge in [0.2, 0.25) is 5.95 Å². The van der Waals surface area contributed by atoms with Gasteiger partial charge in [-0.2, -0.15) is 0 Å². The van der Waals surface area contributed by atoms with E-state index < -0.39 is 11.3 Å². The molecule has 1 amide bonds. The van der Waals surface area contributed by atoms with Crippen molar-refractivity contribution in [1.82, 2.24) is 14.9 Å². The number of aromatic nitrogens is 2. The number of nitrogens with zero attached hydrogens (tertiary/aromatic N) is 5. The van der Waals surface area contributed by atoms with Gasteiger partial charge in [-0.25, -0.2) is 14.4 Å². The summed E-state index contributed by atoms with van der Waals surface area (Å²) >= 11 is 0. The summed E-state index contributed by atoms with van der Waals surface area (Å²) in [5.74, 6) is 0.675. The predicted molar refractivity (Wildman–Crippen MR) is 102 cm³/mol. The summed E-state index contributed by atoms with van der Waals surface area (Å²) in [5.41, 5.74) is 0.601. The van der Waals surface area contributed by atoms with Gasteiger partial charge in [0.1, 0.15) is 11.4 Å². The molecule has 1 aromatic heterocycles. The molecule has 4 heterocycles. The summed E-state index contributed by atoms with van der Waals surface area (Å²) in [7, 11) is 0. The first-order valence-electron chi connectivity index (χ1n) is 10.2. The number of carbonyl (C=O) groups excluding carboxylic acids is 1. The van der Waals surface area contributed by atoms with Crippen molar-refractivity contribution >= 4 is 17.6 Å². The normalized spacial score (nSPS) is 28.8. The van der Waals surface area contributed by atoms with Crippen molar-refractivity contribution in [2.75, 3.05) is 31.1 Å². The molecule has 1 aliphatic carbocycles. The molecule has 0 bridgehead atoms. The second-order valence-corrected chi connectivity index (χ2v) is 8.93. The second-order valence-electron chi connectivity index (χ2n) is 8.93. The number of alkyl halides is 1. The van der Waals surface area contributed by atoms with Crippen LogP contribution in [0.15, 0.2) is 11.2 Å². The molecule has 3 fully saturated rings. The van der Waals surface area contributed by atoms with Crippen LogP contribution in [0.4, 0.5) is 10.3 Å². The van der Waals surface area contributed by atoms with Crippen molar-refractivity contribution in [3.63, 3.8) is 0 Å². The summed E-state index contributed by atoms with van der Waals surface area (Å²) in [6.07, 6.45) is 4.12. The summed E-state index contributed by atoms with van der Waals surface area (Å²) in [5, 5.41) is 4.12. The lowest BCUT2D eigenvalue weighted by Gasteiger charge is -2.44. The van der Waals surface area contributed by atoms with Crippen molar-refractivity contribution in [3.05, 3.63) is 17.5 Å². The first kappa shape index (κ1) is 17.8. The monoisotopic (exact) mass is 387 g/mol. The Morgan fingerprint density at radius 1 is 1.21 bits per heavy atom. The third-order valence-electron chi connectivity index (χ3n) is 6.38. The molecular weight excluding hydrogens is 361 g/mol. The van der Waals surface area contributed by atoms with Gasteiger partial charge in [0, 0.05) is 24.4 Å². The molecule has 5 rings (SSSR count). The average Bonchev–Trinajstić information content (AvgIpc) is 3.41. The number of hydrogen-bond donors (Lipinski definition) is 0. The lowest BCUT2D eigenvalue weighted by Crippen LogP contribution is -2.63. The van der Waals surface area contributed by atoms with Crippen LogP contribution in [0, 0.1) is 19.8 Å². The SMILES string of the molecule is Cc1cc(C)nc(N2CCC[C@@]3(CC(C(=O)N4CC(F)(C5CC5)C4)=NO3)C2)n1. The van der Waals surface area contributed by atoms with Crippen LogP contribution in [0.25, 0.3) is 0 Å². The summed E-state index contributed by atoms with van der Waals surface area (Å²) < 4.78 is 14.6. The third-order valence-corrected chi connectivity index (χ3v) is 6.38. The van der Waals surface area contributed by atoms with Crippen LogP contribution in [0.3, 0.4) is 0 Å². The molecule has 150 valence electrons. The number of oxime groups is 1. The molecule has 7 nitrogen and oxygen atoms in total. The fourth-order valence-electron chi connectivity index (χ4n) is 4.75. The highest BCUT2D eigenvalue weighted by molar-refractivity contribution is 6.39. The molecule has 1 atom stereocenters. The minimum absolute atomic E-state index is 0.148. The van der Waals surface area contributed by atoms with Crippen LogP contribution in [0.5, 0.6) is 0 Å². The number of hydrogen-bond acceptors (Lipinski definition) is 6. The van der Waals surface area contributed by atoms with Crippen molar-refractivity contribution in [2.24, 2.45) is 11.1 Å². The summed E-state index contributed by atoms with van der Waals surface area (Å²) in [6.45, 7) is 5.78. The van der Waals surface area contributed by atoms with Crippen LogP contribution in [0.1, 0.15) is 43.5 Å². The molecule has 0 radical (unpaired) electrons. The van der Waals surface area contributed by atoms with Gasteiger partial charge in [0.25, 0.3) is 5.91 Å². The Bertz CT molecular complexity index is 829. The van der Waals surface area contributed by atoms with Crippen LogP contribution < -0.4 is 4.90 Å². The van der Waals surface area contributed by atoms with Crippen molar-refractivity contribution in [2.45, 2.75) is 57.2 Å². The molecule has 4 aliphatic rings. The van der Waals surface area contributed by atoms with Crippen LogP contribution in [0.2, 0.25) is 0 Å². The Morgan fingerprint density at radius 3 is 2.61 bits per heavy atom. The van der Waals surface area contributed by atoms with Gasteiger partial charge >= 0.3 is 0 Å². The topological polar surface area (TPSA) is 70.9 Å². The number of rotatable bonds is 3. The highest BCUT2D eigenvalue weighted by Gasteiger charge is 2.56. The molecule has 1 aromatic rings. The molecule has 8 heteroatoms. The molecule has 28 heavy (non-hydrogen) atoms. The Kier molecular flexibility index (Phi) is 3.90. The van der Waals surface area contributed by atoms with Gasteiger partial charge in [0.15, 0.2) is 5.60 Å². The highest BCUT2D eigenvalue weighted by Crippen LogP contribution is 2.47. The molecule has 0 N–H and O–H groups in total. The first-order valence-corrected chi connectivity index (χ1v) is 10.2. The van der Waals surface area contributed by atoms with E-state index in [0.29, 0.717) is 24.6 Å². The number of halogens is 1. The number of amides is 1. The zero-order chi connectivity index (χ0) is 19.5. The molecule has 2 saturated heterocycles. The van der Waals surface area contributed by atoms with Gasteiger partial charge in [0.05, 0.1) is 19.6 Å². The Hall–Kier alpha value is -2.25. The van der Waals surface area contributed by atoms with Crippen molar-refractivity contribution in [3.8, 4) is 0 Å². The molecule has 3 aliphatic heterocycles. The van der Waals surface area contributed by atoms with E-state index in [0.717, 1.165) is 43.6 Å². The zero-order valence-electron chi connectivity index (χ0n) is 16.4. The van der Waals surface area contributed by atoms with E-state index in [2.05, 4.69) is 20.0 Å². The van der Waals surface area contributed by atoms with Gasteiger partial charge in [-0.05, 0) is 51.5 Å². The maximum Gasteiger partial charge on any atom is 0.272 e. The second kappa shape index (κ2) is 6.12. The van der Waals surface area contributed by atoms with E-state index in [-0.39, 0.29) is 24.9 Å². The standard InChI is InChI=1S/C20H26FN5O2/c1-13-8-14(2)23-18(22-13)25-7-3-6-19(10-25)9-16(24-28-19)17(27)26-11-20(21,12-26)15-4-5-15/h8,15H,3-7,9-12H2,1-2H3/t19-/m1/s1. The molecule has 0 unspecified atom stereocenters. The highest BCUT2D eigenvalue weighted by atomic mass is 19.1. The average molecular weight is 387 g/mol. The van der Waals surface area contributed by atoms with Gasteiger partial charge in [-0.1, -0.05) is 5.16 Å². The first-order chi connectivity index (χ1) is 13.4. The molecule has 0 aromatic carbocycles. The predicted octanol–water partition coefficient (Wildman–Crippen LogP) is 2.17. The van der Waals surface area contributed by atoms with E-state index in [1.54, 1.807) is 4.90 Å². The van der Waals surface area contributed by atoms with E-state index in [1.807, 2.05) is 19.9 Å². The number of likely N-dealkylation sites (tertiary alicyclic amines) is 1. The lowest BCUT2D eigenvalue weighted by molar-refractivity contribution is -0.139. The van der Waals surface area contributed by atoms with Crippen LogP contribution in [-0.4, -0.2) is 63.9 Å². The molecule has 1 saturated carbocycles. The van der Waals surface area contributed by atoms with E-state index in [9.17, 15) is 9.18 Å². The Labute approximate surface area is 163 Å². The maximum absolute atomic E-state index is 14.6. The smallest absolute Gasteiger partial charge is 0.272 e. The maximum atomic E-state index is 14.6. The van der Waals surface area contributed by atoms with Gasteiger partial charge < -0.3 is 14.6 Å². The van der Waals surface area contributed by atoms with Crippen LogP contribution >= 0.6 is 0 Å². The fraction of sp³-hybridized carbons (Fsp3) is 0.700. The zero-order valence-corrected chi connectivity index (χ0v) is 16.4. The van der Waals surface area contributed by atoms with Crippen molar-refractivity contribution in [1.29, 1.82) is 0 Å². The number of piperidine rings is 1.